The summed E-state index contributed by atoms with van der Waals surface area (Å²) in [5.41, 5.74) is 0. The number of aromatic nitrogens is 2. The molecule has 6 heteroatoms. The molecule has 1 aliphatic heterocycles. The van der Waals surface area contributed by atoms with E-state index in [0.717, 1.165) is 24.5 Å². The maximum absolute atomic E-state index is 5.47. The van der Waals surface area contributed by atoms with Crippen LogP contribution in [-0.4, -0.2) is 34.2 Å². The largest absolute Gasteiger partial charge is 0.458 e. The van der Waals surface area contributed by atoms with Crippen LogP contribution in [0, 0.1) is 6.92 Å². The summed E-state index contributed by atoms with van der Waals surface area (Å²) in [6, 6.07) is 4.18. The van der Waals surface area contributed by atoms with E-state index in [-0.39, 0.29) is 0 Å². The third-order valence-electron chi connectivity index (χ3n) is 2.85. The standard InChI is InChI=1S/C12H15N3O2S/c1-8-2-3-10(16-8)12-14-11(17-15-12)6-9-7-18-5-4-13-9/h2-3,9,13H,4-7H2,1H3. The first-order valence-electron chi connectivity index (χ1n) is 6.02. The zero-order valence-electron chi connectivity index (χ0n) is 10.2. The summed E-state index contributed by atoms with van der Waals surface area (Å²) in [5, 5.41) is 7.40. The van der Waals surface area contributed by atoms with Crippen LogP contribution >= 0.6 is 11.8 Å². The van der Waals surface area contributed by atoms with E-state index in [1.807, 2.05) is 30.8 Å². The maximum Gasteiger partial charge on any atom is 0.238 e. The normalized spacial score (nSPS) is 20.2. The van der Waals surface area contributed by atoms with Crippen molar-refractivity contribution in [3.8, 4) is 11.6 Å². The number of hydrogen-bond acceptors (Lipinski definition) is 6. The molecule has 0 saturated carbocycles. The van der Waals surface area contributed by atoms with Crippen molar-refractivity contribution in [3.05, 3.63) is 23.8 Å². The fraction of sp³-hybridized carbons (Fsp3) is 0.500. The fourth-order valence-corrected chi connectivity index (χ4v) is 2.90. The number of furan rings is 1. The Labute approximate surface area is 109 Å². The molecule has 1 N–H and O–H groups in total. The highest BCUT2D eigenvalue weighted by atomic mass is 32.2. The van der Waals surface area contributed by atoms with E-state index in [4.69, 9.17) is 8.94 Å². The molecule has 0 amide bonds. The molecular weight excluding hydrogens is 250 g/mol. The summed E-state index contributed by atoms with van der Waals surface area (Å²) in [5.74, 6) is 4.98. The van der Waals surface area contributed by atoms with Gasteiger partial charge in [-0.2, -0.15) is 16.7 Å². The van der Waals surface area contributed by atoms with E-state index < -0.39 is 0 Å². The zero-order valence-corrected chi connectivity index (χ0v) is 11.0. The monoisotopic (exact) mass is 265 g/mol. The molecule has 0 aromatic carbocycles. The third kappa shape index (κ3) is 2.59. The Morgan fingerprint density at radius 1 is 1.50 bits per heavy atom. The molecule has 5 nitrogen and oxygen atoms in total. The average Bonchev–Trinajstić information content (AvgIpc) is 2.99. The Hall–Kier alpha value is -1.27. The predicted molar refractivity (Wildman–Crippen MR) is 69.6 cm³/mol. The molecule has 3 rings (SSSR count). The maximum atomic E-state index is 5.47. The first-order valence-corrected chi connectivity index (χ1v) is 7.17. The van der Waals surface area contributed by atoms with Crippen LogP contribution < -0.4 is 5.32 Å². The van der Waals surface area contributed by atoms with Crippen LogP contribution in [0.25, 0.3) is 11.6 Å². The molecule has 2 aromatic rings. The first kappa shape index (κ1) is 11.8. The second-order valence-electron chi connectivity index (χ2n) is 4.35. The lowest BCUT2D eigenvalue weighted by molar-refractivity contribution is 0.362. The minimum Gasteiger partial charge on any atom is -0.458 e. The highest BCUT2D eigenvalue weighted by molar-refractivity contribution is 7.99. The molecule has 0 radical (unpaired) electrons. The van der Waals surface area contributed by atoms with E-state index in [9.17, 15) is 0 Å². The van der Waals surface area contributed by atoms with Crippen LogP contribution in [0.5, 0.6) is 0 Å². The third-order valence-corrected chi connectivity index (χ3v) is 3.98. The number of aryl methyl sites for hydroxylation is 1. The summed E-state index contributed by atoms with van der Waals surface area (Å²) < 4.78 is 10.7. The van der Waals surface area contributed by atoms with Crippen LogP contribution in [0.4, 0.5) is 0 Å². The topological polar surface area (TPSA) is 64.1 Å². The van der Waals surface area contributed by atoms with Crippen LogP contribution in [0.15, 0.2) is 21.1 Å². The Balaban J connectivity index is 1.69. The number of nitrogens with zero attached hydrogens (tertiary/aromatic N) is 2. The number of nitrogens with one attached hydrogen (secondary N) is 1. The summed E-state index contributed by atoms with van der Waals surface area (Å²) in [7, 11) is 0. The van der Waals surface area contributed by atoms with E-state index in [0.29, 0.717) is 23.5 Å². The lowest BCUT2D eigenvalue weighted by atomic mass is 10.2. The van der Waals surface area contributed by atoms with Crippen molar-refractivity contribution in [3.63, 3.8) is 0 Å². The molecular formula is C12H15N3O2S. The average molecular weight is 265 g/mol. The van der Waals surface area contributed by atoms with E-state index in [2.05, 4.69) is 15.5 Å². The summed E-state index contributed by atoms with van der Waals surface area (Å²) in [6.07, 6.45) is 0.777. The lowest BCUT2D eigenvalue weighted by Crippen LogP contribution is -2.38. The van der Waals surface area contributed by atoms with Gasteiger partial charge in [-0.1, -0.05) is 5.16 Å². The van der Waals surface area contributed by atoms with Gasteiger partial charge in [0.1, 0.15) is 5.76 Å². The van der Waals surface area contributed by atoms with Crippen molar-refractivity contribution in [2.24, 2.45) is 0 Å². The summed E-state index contributed by atoms with van der Waals surface area (Å²) in [6.45, 7) is 2.95. The minimum absolute atomic E-state index is 0.426. The number of thioether (sulfide) groups is 1. The molecule has 1 atom stereocenters. The molecule has 0 bridgehead atoms. The zero-order chi connectivity index (χ0) is 12.4. The van der Waals surface area contributed by atoms with Crippen LogP contribution in [0.1, 0.15) is 11.7 Å². The number of hydrogen-bond donors (Lipinski definition) is 1. The van der Waals surface area contributed by atoms with Gasteiger partial charge in [-0.05, 0) is 19.1 Å². The van der Waals surface area contributed by atoms with Crippen LogP contribution in [0.2, 0.25) is 0 Å². The lowest BCUT2D eigenvalue weighted by Gasteiger charge is -2.21. The van der Waals surface area contributed by atoms with Gasteiger partial charge in [0.2, 0.25) is 11.7 Å². The fourth-order valence-electron chi connectivity index (χ4n) is 1.95. The molecule has 0 aliphatic carbocycles. The Morgan fingerprint density at radius 3 is 3.17 bits per heavy atom. The van der Waals surface area contributed by atoms with Crippen molar-refractivity contribution < 1.29 is 8.94 Å². The van der Waals surface area contributed by atoms with Crippen LogP contribution in [0.3, 0.4) is 0 Å². The molecule has 1 saturated heterocycles. The number of rotatable bonds is 3. The van der Waals surface area contributed by atoms with Gasteiger partial charge < -0.3 is 14.3 Å². The predicted octanol–water partition coefficient (Wildman–Crippen LogP) is 1.89. The summed E-state index contributed by atoms with van der Waals surface area (Å²) >= 11 is 1.96. The SMILES string of the molecule is Cc1ccc(-c2noc(CC3CSCCN3)n2)o1. The minimum atomic E-state index is 0.426. The van der Waals surface area contributed by atoms with Gasteiger partial charge in [-0.15, -0.1) is 0 Å². The molecule has 1 fully saturated rings. The Morgan fingerprint density at radius 2 is 2.44 bits per heavy atom. The molecule has 0 spiro atoms. The molecule has 3 heterocycles. The van der Waals surface area contributed by atoms with Crippen molar-refractivity contribution in [1.82, 2.24) is 15.5 Å². The van der Waals surface area contributed by atoms with Gasteiger partial charge in [0, 0.05) is 30.5 Å². The van der Waals surface area contributed by atoms with Crippen molar-refractivity contribution in [2.75, 3.05) is 18.1 Å². The van der Waals surface area contributed by atoms with Gasteiger partial charge in [-0.25, -0.2) is 0 Å². The van der Waals surface area contributed by atoms with Gasteiger partial charge in [-0.3, -0.25) is 0 Å². The summed E-state index contributed by atoms with van der Waals surface area (Å²) in [4.78, 5) is 4.37. The van der Waals surface area contributed by atoms with E-state index in [1.54, 1.807) is 0 Å². The van der Waals surface area contributed by atoms with Gasteiger partial charge in [0.15, 0.2) is 5.76 Å². The quantitative estimate of drug-likeness (QED) is 0.914. The molecule has 1 unspecified atom stereocenters. The Bertz CT molecular complexity index is 517. The highest BCUT2D eigenvalue weighted by Crippen LogP contribution is 2.19. The molecule has 18 heavy (non-hydrogen) atoms. The second kappa shape index (κ2) is 5.16. The highest BCUT2D eigenvalue weighted by Gasteiger charge is 2.18. The molecule has 96 valence electrons. The molecule has 2 aromatic heterocycles. The van der Waals surface area contributed by atoms with Gasteiger partial charge in [0.25, 0.3) is 0 Å². The Kier molecular flexibility index (Phi) is 3.38. The van der Waals surface area contributed by atoms with Gasteiger partial charge in [0.05, 0.1) is 0 Å². The smallest absolute Gasteiger partial charge is 0.238 e. The van der Waals surface area contributed by atoms with Crippen molar-refractivity contribution >= 4 is 11.8 Å². The van der Waals surface area contributed by atoms with Crippen molar-refractivity contribution in [1.29, 1.82) is 0 Å². The molecule has 1 aliphatic rings. The van der Waals surface area contributed by atoms with Crippen molar-refractivity contribution in [2.45, 2.75) is 19.4 Å². The van der Waals surface area contributed by atoms with Crippen LogP contribution in [-0.2, 0) is 6.42 Å². The second-order valence-corrected chi connectivity index (χ2v) is 5.50. The first-order chi connectivity index (χ1) is 8.81. The van der Waals surface area contributed by atoms with Gasteiger partial charge >= 0.3 is 0 Å². The van der Waals surface area contributed by atoms with E-state index in [1.165, 1.54) is 5.75 Å². The van der Waals surface area contributed by atoms with E-state index >= 15 is 0 Å².